The highest BCUT2D eigenvalue weighted by atomic mass is 35.5. The van der Waals surface area contributed by atoms with Crippen molar-refractivity contribution in [3.8, 4) is 0 Å². The van der Waals surface area contributed by atoms with E-state index in [0.29, 0.717) is 23.2 Å². The molecule has 1 aliphatic carbocycles. The Morgan fingerprint density at radius 2 is 2.00 bits per heavy atom. The Bertz CT molecular complexity index is 907. The molecule has 4 rings (SSSR count). The maximum absolute atomic E-state index is 13.0. The first-order valence-corrected chi connectivity index (χ1v) is 10.0. The van der Waals surface area contributed by atoms with Crippen molar-refractivity contribution in [2.24, 2.45) is 5.10 Å². The highest BCUT2D eigenvalue weighted by molar-refractivity contribution is 6.30. The third-order valence-electron chi connectivity index (χ3n) is 4.98. The van der Waals surface area contributed by atoms with Crippen molar-refractivity contribution in [3.63, 3.8) is 0 Å². The lowest BCUT2D eigenvalue weighted by atomic mass is 10.0. The smallest absolute Gasteiger partial charge is 0.257 e. The summed E-state index contributed by atoms with van der Waals surface area (Å²) in [6, 6.07) is 11.0. The summed E-state index contributed by atoms with van der Waals surface area (Å²) in [5.41, 5.74) is 1.71. The number of carbonyl (C=O) groups is 2. The molecule has 2 aliphatic rings. The lowest BCUT2D eigenvalue weighted by molar-refractivity contribution is -0.134. The van der Waals surface area contributed by atoms with Crippen LogP contribution in [0.15, 0.2) is 52.2 Å². The monoisotopic (exact) mass is 414 g/mol. The minimum atomic E-state index is -0.308. The molecule has 0 saturated heterocycles. The van der Waals surface area contributed by atoms with E-state index in [4.69, 9.17) is 16.0 Å². The fraction of sp³-hybridized carbons (Fsp3) is 0.381. The highest BCUT2D eigenvalue weighted by Crippen LogP contribution is 2.33. The van der Waals surface area contributed by atoms with Crippen molar-refractivity contribution in [2.75, 3.05) is 20.1 Å². The number of amides is 2. The van der Waals surface area contributed by atoms with Gasteiger partial charge in [-0.2, -0.15) is 5.10 Å². The summed E-state index contributed by atoms with van der Waals surface area (Å²) in [7, 11) is 1.76. The standard InChI is InChI=1S/C21H23ClN4O3/c1-25(12-20(27)23-16-8-9-16)13-21(28)26-18(19-3-2-10-29-19)11-17(24-26)14-4-6-15(22)7-5-14/h2-7,10,16,18H,8-9,11-13H2,1H3,(H,23,27)/t18-/m1/s1. The van der Waals surface area contributed by atoms with Gasteiger partial charge in [-0.1, -0.05) is 23.7 Å². The van der Waals surface area contributed by atoms with Gasteiger partial charge in [-0.05, 0) is 49.7 Å². The molecule has 0 spiro atoms. The molecule has 8 heteroatoms. The first-order valence-electron chi connectivity index (χ1n) is 9.66. The lowest BCUT2D eigenvalue weighted by Gasteiger charge is -2.23. The Balaban J connectivity index is 1.47. The molecule has 1 aliphatic heterocycles. The van der Waals surface area contributed by atoms with Crippen molar-refractivity contribution in [1.82, 2.24) is 15.2 Å². The average Bonchev–Trinajstić information content (AvgIpc) is 3.17. The molecule has 1 fully saturated rings. The molecule has 2 amide bonds. The number of hydrazone groups is 1. The average molecular weight is 415 g/mol. The topological polar surface area (TPSA) is 78.2 Å². The fourth-order valence-electron chi connectivity index (χ4n) is 3.36. The van der Waals surface area contributed by atoms with Crippen LogP contribution < -0.4 is 5.32 Å². The molecule has 152 valence electrons. The van der Waals surface area contributed by atoms with Gasteiger partial charge in [0.05, 0.1) is 25.1 Å². The molecule has 29 heavy (non-hydrogen) atoms. The van der Waals surface area contributed by atoms with E-state index >= 15 is 0 Å². The van der Waals surface area contributed by atoms with E-state index in [2.05, 4.69) is 10.4 Å². The number of halogens is 1. The molecule has 1 aromatic heterocycles. The predicted octanol–water partition coefficient (Wildman–Crippen LogP) is 2.82. The zero-order chi connectivity index (χ0) is 20.4. The van der Waals surface area contributed by atoms with Gasteiger partial charge in [0.25, 0.3) is 5.91 Å². The minimum Gasteiger partial charge on any atom is -0.467 e. The molecule has 1 N–H and O–H groups in total. The summed E-state index contributed by atoms with van der Waals surface area (Å²) < 4.78 is 5.56. The second-order valence-corrected chi connectivity index (χ2v) is 7.98. The Morgan fingerprint density at radius 1 is 1.24 bits per heavy atom. The van der Waals surface area contributed by atoms with Gasteiger partial charge in [0.15, 0.2) is 0 Å². The molecule has 2 aromatic rings. The minimum absolute atomic E-state index is 0.0582. The number of nitrogens with zero attached hydrogens (tertiary/aromatic N) is 3. The van der Waals surface area contributed by atoms with Crippen LogP contribution in [-0.2, 0) is 9.59 Å². The number of nitrogens with one attached hydrogen (secondary N) is 1. The Kier molecular flexibility index (Phi) is 5.69. The fourth-order valence-corrected chi connectivity index (χ4v) is 3.49. The molecule has 1 aromatic carbocycles. The van der Waals surface area contributed by atoms with Gasteiger partial charge in [0.2, 0.25) is 5.91 Å². The number of hydrogen-bond donors (Lipinski definition) is 1. The quantitative estimate of drug-likeness (QED) is 0.755. The van der Waals surface area contributed by atoms with Gasteiger partial charge in [-0.3, -0.25) is 14.5 Å². The summed E-state index contributed by atoms with van der Waals surface area (Å²) in [5.74, 6) is 0.439. The lowest BCUT2D eigenvalue weighted by Crippen LogP contribution is -2.41. The van der Waals surface area contributed by atoms with Crippen LogP contribution >= 0.6 is 11.6 Å². The first-order chi connectivity index (χ1) is 14.0. The molecule has 2 heterocycles. The van der Waals surface area contributed by atoms with Gasteiger partial charge >= 0.3 is 0 Å². The summed E-state index contributed by atoms with van der Waals surface area (Å²) >= 11 is 5.98. The van der Waals surface area contributed by atoms with E-state index in [9.17, 15) is 9.59 Å². The van der Waals surface area contributed by atoms with Crippen molar-refractivity contribution in [2.45, 2.75) is 31.3 Å². The Morgan fingerprint density at radius 3 is 2.66 bits per heavy atom. The van der Waals surface area contributed by atoms with E-state index in [1.54, 1.807) is 36.4 Å². The third kappa shape index (κ3) is 4.86. The van der Waals surface area contributed by atoms with E-state index in [-0.39, 0.29) is 30.9 Å². The number of likely N-dealkylation sites (N-methyl/N-ethyl adjacent to an activating group) is 1. The van der Waals surface area contributed by atoms with Crippen molar-refractivity contribution in [1.29, 1.82) is 0 Å². The number of benzene rings is 1. The maximum atomic E-state index is 13.0. The number of hydrogen-bond acceptors (Lipinski definition) is 5. The van der Waals surface area contributed by atoms with Crippen molar-refractivity contribution in [3.05, 3.63) is 59.0 Å². The molecular weight excluding hydrogens is 392 g/mol. The Labute approximate surface area is 174 Å². The van der Waals surface area contributed by atoms with Gasteiger partial charge in [-0.25, -0.2) is 5.01 Å². The van der Waals surface area contributed by atoms with E-state index in [1.807, 2.05) is 18.2 Å². The second-order valence-electron chi connectivity index (χ2n) is 7.54. The number of carbonyl (C=O) groups excluding carboxylic acids is 2. The normalized spacial score (nSPS) is 18.8. The van der Waals surface area contributed by atoms with Crippen LogP contribution in [-0.4, -0.2) is 53.6 Å². The zero-order valence-corrected chi connectivity index (χ0v) is 16.9. The van der Waals surface area contributed by atoms with Gasteiger partial charge in [-0.15, -0.1) is 0 Å². The van der Waals surface area contributed by atoms with Crippen LogP contribution in [0.4, 0.5) is 0 Å². The van der Waals surface area contributed by atoms with Crippen LogP contribution in [0, 0.1) is 0 Å². The summed E-state index contributed by atoms with van der Waals surface area (Å²) in [5, 5.41) is 9.64. The largest absolute Gasteiger partial charge is 0.467 e. The molecule has 1 saturated carbocycles. The van der Waals surface area contributed by atoms with Crippen LogP contribution in [0.1, 0.15) is 36.6 Å². The molecule has 0 bridgehead atoms. The van der Waals surface area contributed by atoms with Crippen molar-refractivity contribution < 1.29 is 14.0 Å². The van der Waals surface area contributed by atoms with Crippen LogP contribution in [0.5, 0.6) is 0 Å². The third-order valence-corrected chi connectivity index (χ3v) is 5.23. The van der Waals surface area contributed by atoms with Gasteiger partial charge in [0.1, 0.15) is 11.8 Å². The maximum Gasteiger partial charge on any atom is 0.257 e. The van der Waals surface area contributed by atoms with Crippen LogP contribution in [0.2, 0.25) is 5.02 Å². The van der Waals surface area contributed by atoms with Gasteiger partial charge in [0, 0.05) is 17.5 Å². The van der Waals surface area contributed by atoms with E-state index in [1.165, 1.54) is 5.01 Å². The second kappa shape index (κ2) is 8.39. The molecule has 0 radical (unpaired) electrons. The number of rotatable bonds is 7. The van der Waals surface area contributed by atoms with Crippen LogP contribution in [0.25, 0.3) is 0 Å². The summed E-state index contributed by atoms with van der Waals surface area (Å²) in [6.07, 6.45) is 4.21. The SMILES string of the molecule is CN(CC(=O)NC1CC1)CC(=O)N1N=C(c2ccc(Cl)cc2)C[C@@H]1c1ccco1. The zero-order valence-electron chi connectivity index (χ0n) is 16.2. The predicted molar refractivity (Wildman–Crippen MR) is 110 cm³/mol. The van der Waals surface area contributed by atoms with E-state index in [0.717, 1.165) is 24.1 Å². The highest BCUT2D eigenvalue weighted by Gasteiger charge is 2.35. The molecule has 0 unspecified atom stereocenters. The van der Waals surface area contributed by atoms with Gasteiger partial charge < -0.3 is 9.73 Å². The molecule has 1 atom stereocenters. The first kappa shape index (κ1) is 19.7. The Hall–Kier alpha value is -2.64. The van der Waals surface area contributed by atoms with Crippen molar-refractivity contribution >= 4 is 29.1 Å². The number of furan rings is 1. The summed E-state index contributed by atoms with van der Waals surface area (Å²) in [6.45, 7) is 0.266. The molecular formula is C21H23ClN4O3. The van der Waals surface area contributed by atoms with E-state index < -0.39 is 0 Å². The summed E-state index contributed by atoms with van der Waals surface area (Å²) in [4.78, 5) is 26.7. The molecule has 7 nitrogen and oxygen atoms in total. The van der Waals surface area contributed by atoms with Crippen LogP contribution in [0.3, 0.4) is 0 Å².